The molecule has 0 aromatic heterocycles. The summed E-state index contributed by atoms with van der Waals surface area (Å²) < 4.78 is 4.56. The molecule has 0 radical (unpaired) electrons. The predicted molar refractivity (Wildman–Crippen MR) is 61.2 cm³/mol. The van der Waals surface area contributed by atoms with Crippen molar-refractivity contribution >= 4 is 5.97 Å². The summed E-state index contributed by atoms with van der Waals surface area (Å²) in [7, 11) is 1.37. The van der Waals surface area contributed by atoms with E-state index >= 15 is 0 Å². The molecule has 0 fully saturated rings. The highest BCUT2D eigenvalue weighted by Gasteiger charge is 2.10. The second-order valence-corrected chi connectivity index (χ2v) is 3.51. The summed E-state index contributed by atoms with van der Waals surface area (Å²) in [6.45, 7) is 2.22. The third-order valence-corrected chi connectivity index (χ3v) is 2.42. The van der Waals surface area contributed by atoms with E-state index in [9.17, 15) is 9.90 Å². The lowest BCUT2D eigenvalue weighted by molar-refractivity contribution is -0.139. The van der Waals surface area contributed by atoms with E-state index in [1.165, 1.54) is 7.11 Å². The van der Waals surface area contributed by atoms with Gasteiger partial charge in [-0.2, -0.15) is 0 Å². The molecule has 1 aromatic rings. The van der Waals surface area contributed by atoms with E-state index in [2.05, 4.69) is 10.1 Å². The standard InChI is InChI=1S/C12H17NO3/c1-3-11(13-8-12(15)16-2)9-4-6-10(14)7-5-9/h4-7,11,13-14H,3,8H2,1-2H3. The van der Waals surface area contributed by atoms with E-state index in [1.54, 1.807) is 12.1 Å². The van der Waals surface area contributed by atoms with Gasteiger partial charge in [0.25, 0.3) is 0 Å². The number of ether oxygens (including phenoxy) is 1. The number of hydrogen-bond donors (Lipinski definition) is 2. The lowest BCUT2D eigenvalue weighted by Crippen LogP contribution is -2.27. The minimum absolute atomic E-state index is 0.0969. The van der Waals surface area contributed by atoms with Crippen LogP contribution in [0.3, 0.4) is 0 Å². The predicted octanol–water partition coefficient (Wildman–Crippen LogP) is 1.61. The van der Waals surface area contributed by atoms with E-state index in [-0.39, 0.29) is 24.3 Å². The van der Waals surface area contributed by atoms with Gasteiger partial charge in [0.15, 0.2) is 0 Å². The molecule has 0 amide bonds. The first-order valence-corrected chi connectivity index (χ1v) is 5.26. The van der Waals surface area contributed by atoms with Crippen molar-refractivity contribution in [2.75, 3.05) is 13.7 Å². The smallest absolute Gasteiger partial charge is 0.319 e. The van der Waals surface area contributed by atoms with Crippen LogP contribution in [0.5, 0.6) is 5.75 Å². The van der Waals surface area contributed by atoms with Gasteiger partial charge in [0.1, 0.15) is 5.75 Å². The molecule has 1 unspecified atom stereocenters. The Hall–Kier alpha value is -1.55. The number of nitrogens with one attached hydrogen (secondary N) is 1. The van der Waals surface area contributed by atoms with E-state index < -0.39 is 0 Å². The summed E-state index contributed by atoms with van der Waals surface area (Å²) in [6, 6.07) is 7.05. The van der Waals surface area contributed by atoms with Crippen LogP contribution in [0.25, 0.3) is 0 Å². The van der Waals surface area contributed by atoms with E-state index in [4.69, 9.17) is 0 Å². The molecule has 4 heteroatoms. The summed E-state index contributed by atoms with van der Waals surface area (Å²) in [4.78, 5) is 11.0. The minimum atomic E-state index is -0.280. The first-order valence-electron chi connectivity index (χ1n) is 5.26. The second-order valence-electron chi connectivity index (χ2n) is 3.51. The molecule has 88 valence electrons. The molecule has 0 aliphatic carbocycles. The van der Waals surface area contributed by atoms with Gasteiger partial charge >= 0.3 is 5.97 Å². The Morgan fingerprint density at radius 2 is 2.06 bits per heavy atom. The van der Waals surface area contributed by atoms with Crippen molar-refractivity contribution in [3.8, 4) is 5.75 Å². The quantitative estimate of drug-likeness (QED) is 0.744. The van der Waals surface area contributed by atoms with Crippen molar-refractivity contribution in [2.45, 2.75) is 19.4 Å². The van der Waals surface area contributed by atoms with Crippen LogP contribution >= 0.6 is 0 Å². The summed E-state index contributed by atoms with van der Waals surface area (Å²) in [5.74, 6) is -0.0381. The fourth-order valence-corrected chi connectivity index (χ4v) is 1.48. The molecule has 1 rings (SSSR count). The molecule has 1 atom stereocenters. The van der Waals surface area contributed by atoms with E-state index in [1.807, 2.05) is 19.1 Å². The molecule has 1 aromatic carbocycles. The molecule has 16 heavy (non-hydrogen) atoms. The Kier molecular flexibility index (Phi) is 4.79. The van der Waals surface area contributed by atoms with Crippen molar-refractivity contribution in [1.82, 2.24) is 5.32 Å². The number of rotatable bonds is 5. The van der Waals surface area contributed by atoms with Crippen molar-refractivity contribution in [3.63, 3.8) is 0 Å². The number of esters is 1. The molecular formula is C12H17NO3. The zero-order chi connectivity index (χ0) is 12.0. The van der Waals surface area contributed by atoms with Crippen molar-refractivity contribution in [2.24, 2.45) is 0 Å². The summed E-state index contributed by atoms with van der Waals surface area (Å²) in [5, 5.41) is 12.3. The van der Waals surface area contributed by atoms with Crippen LogP contribution in [0.1, 0.15) is 24.9 Å². The van der Waals surface area contributed by atoms with Gasteiger partial charge < -0.3 is 15.2 Å². The van der Waals surface area contributed by atoms with E-state index in [0.29, 0.717) is 0 Å². The maximum absolute atomic E-state index is 11.0. The van der Waals surface area contributed by atoms with Gasteiger partial charge in [-0.15, -0.1) is 0 Å². The van der Waals surface area contributed by atoms with Crippen LogP contribution < -0.4 is 5.32 Å². The second kappa shape index (κ2) is 6.12. The normalized spacial score (nSPS) is 12.1. The third kappa shape index (κ3) is 3.55. The number of aromatic hydroxyl groups is 1. The van der Waals surface area contributed by atoms with Crippen molar-refractivity contribution in [3.05, 3.63) is 29.8 Å². The summed E-state index contributed by atoms with van der Waals surface area (Å²) in [5.41, 5.74) is 1.05. The number of phenols is 1. The average Bonchev–Trinajstić information content (AvgIpc) is 2.31. The summed E-state index contributed by atoms with van der Waals surface area (Å²) >= 11 is 0. The number of hydrogen-bond acceptors (Lipinski definition) is 4. The first-order chi connectivity index (χ1) is 7.67. The van der Waals surface area contributed by atoms with E-state index in [0.717, 1.165) is 12.0 Å². The van der Waals surface area contributed by atoms with Crippen molar-refractivity contribution in [1.29, 1.82) is 0 Å². The SMILES string of the molecule is CCC(NCC(=O)OC)c1ccc(O)cc1. The molecule has 0 aliphatic heterocycles. The van der Waals surface area contributed by atoms with Crippen LogP contribution in [-0.2, 0) is 9.53 Å². The van der Waals surface area contributed by atoms with Gasteiger partial charge in [-0.3, -0.25) is 4.79 Å². The van der Waals surface area contributed by atoms with Gasteiger partial charge in [0.05, 0.1) is 13.7 Å². The zero-order valence-electron chi connectivity index (χ0n) is 9.56. The average molecular weight is 223 g/mol. The van der Waals surface area contributed by atoms with Gasteiger partial charge in [-0.25, -0.2) is 0 Å². The number of phenolic OH excluding ortho intramolecular Hbond substituents is 1. The van der Waals surface area contributed by atoms with Gasteiger partial charge in [0.2, 0.25) is 0 Å². The fourth-order valence-electron chi connectivity index (χ4n) is 1.48. The largest absolute Gasteiger partial charge is 0.508 e. The zero-order valence-corrected chi connectivity index (χ0v) is 9.56. The van der Waals surface area contributed by atoms with Gasteiger partial charge in [0, 0.05) is 6.04 Å². The number of methoxy groups -OCH3 is 1. The Morgan fingerprint density at radius 1 is 1.44 bits per heavy atom. The monoisotopic (exact) mass is 223 g/mol. The highest BCUT2D eigenvalue weighted by molar-refractivity contribution is 5.71. The Morgan fingerprint density at radius 3 is 2.56 bits per heavy atom. The topological polar surface area (TPSA) is 58.6 Å². The van der Waals surface area contributed by atoms with Gasteiger partial charge in [-0.1, -0.05) is 19.1 Å². The molecular weight excluding hydrogens is 206 g/mol. The number of carbonyl (C=O) groups is 1. The number of carbonyl (C=O) groups excluding carboxylic acids is 1. The molecule has 4 nitrogen and oxygen atoms in total. The van der Waals surface area contributed by atoms with Crippen LogP contribution in [0, 0.1) is 0 Å². The lowest BCUT2D eigenvalue weighted by atomic mass is 10.0. The molecule has 0 bridgehead atoms. The third-order valence-electron chi connectivity index (χ3n) is 2.42. The first kappa shape index (κ1) is 12.5. The van der Waals surface area contributed by atoms with Crippen LogP contribution in [0.2, 0.25) is 0 Å². The van der Waals surface area contributed by atoms with Crippen LogP contribution in [0.15, 0.2) is 24.3 Å². The molecule has 2 N–H and O–H groups in total. The highest BCUT2D eigenvalue weighted by atomic mass is 16.5. The maximum Gasteiger partial charge on any atom is 0.319 e. The molecule has 0 saturated carbocycles. The summed E-state index contributed by atoms with van der Waals surface area (Å²) in [6.07, 6.45) is 0.863. The minimum Gasteiger partial charge on any atom is -0.508 e. The Labute approximate surface area is 95.2 Å². The Balaban J connectivity index is 2.60. The molecule has 0 heterocycles. The maximum atomic E-state index is 11.0. The molecule has 0 aliphatic rings. The number of benzene rings is 1. The molecule has 0 spiro atoms. The van der Waals surface area contributed by atoms with Crippen LogP contribution in [-0.4, -0.2) is 24.7 Å². The highest BCUT2D eigenvalue weighted by Crippen LogP contribution is 2.19. The van der Waals surface area contributed by atoms with Crippen LogP contribution in [0.4, 0.5) is 0 Å². The van der Waals surface area contributed by atoms with Gasteiger partial charge in [-0.05, 0) is 24.1 Å². The fraction of sp³-hybridized carbons (Fsp3) is 0.417. The Bertz CT molecular complexity index is 335. The molecule has 0 saturated heterocycles. The lowest BCUT2D eigenvalue weighted by Gasteiger charge is -2.16. The van der Waals surface area contributed by atoms with Crippen molar-refractivity contribution < 1.29 is 14.6 Å².